The second-order valence-electron chi connectivity index (χ2n) is 6.29. The number of carbonyl (C=O) groups excluding carboxylic acids is 1. The first-order valence-electron chi connectivity index (χ1n) is 8.49. The van der Waals surface area contributed by atoms with Crippen LogP contribution in [0.1, 0.15) is 45.4 Å². The second-order valence-corrected chi connectivity index (χ2v) is 6.29. The van der Waals surface area contributed by atoms with Crippen molar-refractivity contribution in [1.82, 2.24) is 9.80 Å². The highest BCUT2D eigenvalue weighted by molar-refractivity contribution is 5.69. The zero-order chi connectivity index (χ0) is 15.1. The molecule has 0 saturated carbocycles. The van der Waals surface area contributed by atoms with Crippen LogP contribution in [0.2, 0.25) is 0 Å². The van der Waals surface area contributed by atoms with Crippen LogP contribution in [0.5, 0.6) is 0 Å². The zero-order valence-electron chi connectivity index (χ0n) is 13.3. The van der Waals surface area contributed by atoms with E-state index in [4.69, 9.17) is 4.74 Å². The van der Waals surface area contributed by atoms with E-state index in [1.165, 1.54) is 45.2 Å². The summed E-state index contributed by atoms with van der Waals surface area (Å²) < 4.78 is 4.87. The number of ether oxygens (including phenoxy) is 1. The maximum Gasteiger partial charge on any atom is 0.308 e. The minimum atomic E-state index is -0.601. The number of nitrogens with zero attached hydrogens (tertiary/aromatic N) is 2. The Morgan fingerprint density at radius 2 is 1.86 bits per heavy atom. The van der Waals surface area contributed by atoms with Crippen molar-refractivity contribution in [3.8, 4) is 0 Å². The van der Waals surface area contributed by atoms with E-state index in [0.717, 1.165) is 19.1 Å². The Morgan fingerprint density at radius 3 is 2.48 bits per heavy atom. The summed E-state index contributed by atoms with van der Waals surface area (Å²) in [6, 6.07) is 0.726. The molecule has 5 nitrogen and oxygen atoms in total. The molecular formula is C16H30N2O3. The van der Waals surface area contributed by atoms with E-state index in [9.17, 15) is 9.90 Å². The number of aliphatic hydroxyl groups is 1. The van der Waals surface area contributed by atoms with E-state index in [0.29, 0.717) is 13.2 Å². The van der Waals surface area contributed by atoms with Crippen LogP contribution in [0, 0.1) is 0 Å². The number of aliphatic hydroxyl groups excluding tert-OH is 1. The van der Waals surface area contributed by atoms with Crippen molar-refractivity contribution >= 4 is 5.97 Å². The summed E-state index contributed by atoms with van der Waals surface area (Å²) in [5.41, 5.74) is 0. The molecule has 0 aromatic rings. The van der Waals surface area contributed by atoms with Crippen LogP contribution in [-0.2, 0) is 9.53 Å². The van der Waals surface area contributed by atoms with E-state index in [1.54, 1.807) is 6.92 Å². The average Bonchev–Trinajstić information content (AvgIpc) is 2.49. The van der Waals surface area contributed by atoms with Gasteiger partial charge in [-0.1, -0.05) is 6.42 Å². The Hall–Kier alpha value is -0.650. The van der Waals surface area contributed by atoms with Gasteiger partial charge in [0.1, 0.15) is 0 Å². The van der Waals surface area contributed by atoms with Gasteiger partial charge in [0.15, 0.2) is 0 Å². The molecule has 1 atom stereocenters. The number of rotatable bonds is 6. The highest BCUT2D eigenvalue weighted by atomic mass is 16.5. The van der Waals surface area contributed by atoms with Gasteiger partial charge in [-0.2, -0.15) is 0 Å². The molecule has 2 rings (SSSR count). The minimum absolute atomic E-state index is 0.111. The van der Waals surface area contributed by atoms with Crippen LogP contribution in [0.25, 0.3) is 0 Å². The maximum atomic E-state index is 11.3. The number of β-amino-alcohol motifs (C(OH)–C–C–N with tert-alkyl or cyclic N) is 1. The predicted molar refractivity (Wildman–Crippen MR) is 82.1 cm³/mol. The molecule has 2 heterocycles. The Balaban J connectivity index is 1.65. The topological polar surface area (TPSA) is 53.0 Å². The van der Waals surface area contributed by atoms with Gasteiger partial charge in [-0.25, -0.2) is 0 Å². The fraction of sp³-hybridized carbons (Fsp3) is 0.938. The van der Waals surface area contributed by atoms with Crippen LogP contribution in [-0.4, -0.2) is 72.4 Å². The van der Waals surface area contributed by atoms with E-state index in [2.05, 4.69) is 9.80 Å². The van der Waals surface area contributed by atoms with Crippen LogP contribution in [0.15, 0.2) is 0 Å². The van der Waals surface area contributed by atoms with Crippen LogP contribution in [0.3, 0.4) is 0 Å². The first-order valence-corrected chi connectivity index (χ1v) is 8.49. The smallest absolute Gasteiger partial charge is 0.308 e. The Kier molecular flexibility index (Phi) is 6.93. The highest BCUT2D eigenvalue weighted by Gasteiger charge is 2.26. The molecule has 2 fully saturated rings. The van der Waals surface area contributed by atoms with Crippen molar-refractivity contribution in [2.45, 2.75) is 57.6 Å². The molecule has 0 bridgehead atoms. The lowest BCUT2D eigenvalue weighted by Crippen LogP contribution is -2.48. The minimum Gasteiger partial charge on any atom is -0.466 e. The number of likely N-dealkylation sites (tertiary alicyclic amines) is 2. The quantitative estimate of drug-likeness (QED) is 0.748. The largest absolute Gasteiger partial charge is 0.466 e. The lowest BCUT2D eigenvalue weighted by Gasteiger charge is -2.40. The van der Waals surface area contributed by atoms with Gasteiger partial charge >= 0.3 is 5.97 Å². The van der Waals surface area contributed by atoms with Crippen molar-refractivity contribution in [1.29, 1.82) is 0 Å². The zero-order valence-corrected chi connectivity index (χ0v) is 13.3. The van der Waals surface area contributed by atoms with Crippen molar-refractivity contribution < 1.29 is 14.6 Å². The standard InChI is InChI=1S/C16H30N2O3/c1-2-21-16(20)12-15(19)13-17-10-6-14(7-11-17)18-8-4-3-5-9-18/h14-15,19H,2-13H2,1H3. The highest BCUT2D eigenvalue weighted by Crippen LogP contribution is 2.21. The SMILES string of the molecule is CCOC(=O)CC(O)CN1CCC(N2CCCCC2)CC1. The normalized spacial score (nSPS) is 23.9. The van der Waals surface area contributed by atoms with Gasteiger partial charge in [0.2, 0.25) is 0 Å². The number of carbonyl (C=O) groups is 1. The number of piperidine rings is 2. The van der Waals surface area contributed by atoms with Crippen LogP contribution < -0.4 is 0 Å². The molecule has 0 radical (unpaired) electrons. The fourth-order valence-electron chi connectivity index (χ4n) is 3.53. The summed E-state index contributed by atoms with van der Waals surface area (Å²) in [6.07, 6.45) is 5.96. The fourth-order valence-corrected chi connectivity index (χ4v) is 3.53. The van der Waals surface area contributed by atoms with Gasteiger partial charge in [0.25, 0.3) is 0 Å². The van der Waals surface area contributed by atoms with Gasteiger partial charge in [-0.3, -0.25) is 4.79 Å². The summed E-state index contributed by atoms with van der Waals surface area (Å²) >= 11 is 0. The Labute approximate surface area is 128 Å². The number of hydrogen-bond donors (Lipinski definition) is 1. The van der Waals surface area contributed by atoms with E-state index < -0.39 is 6.10 Å². The molecule has 1 N–H and O–H groups in total. The van der Waals surface area contributed by atoms with E-state index in [1.807, 2.05) is 0 Å². The van der Waals surface area contributed by atoms with Gasteiger partial charge in [0.05, 0.1) is 19.1 Å². The Bertz CT molecular complexity index is 311. The average molecular weight is 298 g/mol. The van der Waals surface area contributed by atoms with Crippen molar-refractivity contribution in [3.63, 3.8) is 0 Å². The molecule has 0 aromatic heterocycles. The molecule has 0 aliphatic carbocycles. The lowest BCUT2D eigenvalue weighted by atomic mass is 9.99. The van der Waals surface area contributed by atoms with Gasteiger partial charge in [-0.05, 0) is 58.8 Å². The third-order valence-electron chi connectivity index (χ3n) is 4.64. The lowest BCUT2D eigenvalue weighted by molar-refractivity contribution is -0.145. The van der Waals surface area contributed by atoms with E-state index >= 15 is 0 Å². The molecule has 2 aliphatic rings. The Morgan fingerprint density at radius 1 is 1.19 bits per heavy atom. The van der Waals surface area contributed by atoms with Gasteiger partial charge in [0, 0.05) is 12.6 Å². The predicted octanol–water partition coefficient (Wildman–Crippen LogP) is 1.25. The molecule has 2 aliphatic heterocycles. The van der Waals surface area contributed by atoms with E-state index in [-0.39, 0.29) is 12.4 Å². The third kappa shape index (κ3) is 5.57. The first-order chi connectivity index (χ1) is 10.2. The van der Waals surface area contributed by atoms with Crippen molar-refractivity contribution in [3.05, 3.63) is 0 Å². The first kappa shape index (κ1) is 16.7. The van der Waals surface area contributed by atoms with Crippen LogP contribution in [0.4, 0.5) is 0 Å². The van der Waals surface area contributed by atoms with Crippen molar-refractivity contribution in [2.24, 2.45) is 0 Å². The molecule has 0 amide bonds. The maximum absolute atomic E-state index is 11.3. The molecule has 21 heavy (non-hydrogen) atoms. The molecule has 5 heteroatoms. The summed E-state index contributed by atoms with van der Waals surface area (Å²) in [5.74, 6) is -0.298. The monoisotopic (exact) mass is 298 g/mol. The number of esters is 1. The second kappa shape index (κ2) is 8.71. The summed E-state index contributed by atoms with van der Waals surface area (Å²) in [7, 11) is 0. The van der Waals surface area contributed by atoms with Gasteiger partial charge in [-0.15, -0.1) is 0 Å². The van der Waals surface area contributed by atoms with Crippen LogP contribution >= 0.6 is 0 Å². The molecule has 2 saturated heterocycles. The molecule has 0 spiro atoms. The third-order valence-corrected chi connectivity index (χ3v) is 4.64. The summed E-state index contributed by atoms with van der Waals surface area (Å²) in [6.45, 7) is 7.34. The summed E-state index contributed by atoms with van der Waals surface area (Å²) in [4.78, 5) is 16.3. The molecular weight excluding hydrogens is 268 g/mol. The molecule has 1 unspecified atom stereocenters. The summed E-state index contributed by atoms with van der Waals surface area (Å²) in [5, 5.41) is 9.96. The molecule has 0 aromatic carbocycles. The van der Waals surface area contributed by atoms with Crippen molar-refractivity contribution in [2.75, 3.05) is 39.3 Å². The van der Waals surface area contributed by atoms with Gasteiger partial charge < -0.3 is 19.6 Å². The number of hydrogen-bond acceptors (Lipinski definition) is 5. The molecule has 122 valence electrons.